The van der Waals surface area contributed by atoms with Gasteiger partial charge in [-0.2, -0.15) is 0 Å². The minimum absolute atomic E-state index is 0.113. The van der Waals surface area contributed by atoms with Gasteiger partial charge in [0, 0.05) is 34.4 Å². The van der Waals surface area contributed by atoms with E-state index >= 15 is 0 Å². The van der Waals surface area contributed by atoms with Crippen LogP contribution in [0.25, 0.3) is 6.08 Å². The summed E-state index contributed by atoms with van der Waals surface area (Å²) in [4.78, 5) is 25.9. The average Bonchev–Trinajstić information content (AvgIpc) is 2.66. The maximum absolute atomic E-state index is 13.7. The van der Waals surface area contributed by atoms with Crippen molar-refractivity contribution in [3.63, 3.8) is 0 Å². The van der Waals surface area contributed by atoms with Crippen LogP contribution in [0.5, 0.6) is 5.75 Å². The number of likely N-dealkylation sites (N-methyl/N-ethyl adjacent to an activating group) is 1. The molecule has 2 aromatic rings. The summed E-state index contributed by atoms with van der Waals surface area (Å²) >= 11 is 3.26. The molecule has 2 aromatic carbocycles. The fourth-order valence-electron chi connectivity index (χ4n) is 2.33. The van der Waals surface area contributed by atoms with Crippen LogP contribution in [0.4, 0.5) is 10.1 Å². The largest absolute Gasteiger partial charge is 0.497 e. The van der Waals surface area contributed by atoms with E-state index in [1.165, 1.54) is 23.1 Å². The minimum atomic E-state index is -0.430. The predicted octanol–water partition coefficient (Wildman–Crippen LogP) is 4.10. The Morgan fingerprint density at radius 2 is 2.04 bits per heavy atom. The van der Waals surface area contributed by atoms with Gasteiger partial charge in [0.25, 0.3) is 0 Å². The summed E-state index contributed by atoms with van der Waals surface area (Å²) in [5.41, 5.74) is 0.865. The summed E-state index contributed by atoms with van der Waals surface area (Å²) in [6.07, 6.45) is 2.65. The Hall–Kier alpha value is -2.67. The summed E-state index contributed by atoms with van der Waals surface area (Å²) < 4.78 is 19.6. The molecule has 2 amide bonds. The number of ether oxygens (including phenoxy) is 1. The Balaban J connectivity index is 2.00. The zero-order chi connectivity index (χ0) is 19.8. The summed E-state index contributed by atoms with van der Waals surface area (Å²) in [5.74, 6) is -0.519. The third kappa shape index (κ3) is 6.21. The van der Waals surface area contributed by atoms with Crippen molar-refractivity contribution in [2.75, 3.05) is 25.5 Å². The van der Waals surface area contributed by atoms with E-state index in [-0.39, 0.29) is 23.9 Å². The quantitative estimate of drug-likeness (QED) is 0.667. The Bertz CT molecular complexity index is 855. The van der Waals surface area contributed by atoms with Crippen molar-refractivity contribution in [1.82, 2.24) is 4.90 Å². The van der Waals surface area contributed by atoms with Crippen LogP contribution in [0.15, 0.2) is 53.0 Å². The summed E-state index contributed by atoms with van der Waals surface area (Å²) in [5, 5.41) is 2.72. The first-order chi connectivity index (χ1) is 12.9. The van der Waals surface area contributed by atoms with E-state index in [0.29, 0.717) is 22.5 Å². The molecule has 0 bridgehead atoms. The lowest BCUT2D eigenvalue weighted by molar-refractivity contribution is -0.130. The maximum Gasteiger partial charge on any atom is 0.247 e. The van der Waals surface area contributed by atoms with E-state index in [2.05, 4.69) is 21.2 Å². The number of carbonyl (C=O) groups excluding carboxylic acids is 2. The number of benzene rings is 2. The second-order valence-electron chi connectivity index (χ2n) is 5.63. The van der Waals surface area contributed by atoms with Gasteiger partial charge in [-0.05, 0) is 43.3 Å². The SMILES string of the molecule is CCN(CC(=O)Nc1cccc(OC)c1)C(=O)/C=C/c1cc(Br)ccc1F. The molecule has 0 unspecified atom stereocenters. The van der Waals surface area contributed by atoms with Gasteiger partial charge in [-0.15, -0.1) is 0 Å². The molecular formula is C20H20BrFN2O3. The molecule has 2 rings (SSSR count). The van der Waals surface area contributed by atoms with Gasteiger partial charge in [0.2, 0.25) is 11.8 Å². The number of hydrogen-bond donors (Lipinski definition) is 1. The minimum Gasteiger partial charge on any atom is -0.497 e. The summed E-state index contributed by atoms with van der Waals surface area (Å²) in [6.45, 7) is 2.00. The van der Waals surface area contributed by atoms with Crippen LogP contribution in [0.2, 0.25) is 0 Å². The number of hydrogen-bond acceptors (Lipinski definition) is 3. The number of carbonyl (C=O) groups is 2. The fraction of sp³-hybridized carbons (Fsp3) is 0.200. The Morgan fingerprint density at radius 3 is 2.74 bits per heavy atom. The number of halogens is 2. The van der Waals surface area contributed by atoms with E-state index in [4.69, 9.17) is 4.74 Å². The van der Waals surface area contributed by atoms with Gasteiger partial charge in [-0.25, -0.2) is 4.39 Å². The topological polar surface area (TPSA) is 58.6 Å². The number of nitrogens with one attached hydrogen (secondary N) is 1. The van der Waals surface area contributed by atoms with Gasteiger partial charge in [0.15, 0.2) is 0 Å². The van der Waals surface area contributed by atoms with Crippen LogP contribution in [-0.4, -0.2) is 36.9 Å². The lowest BCUT2D eigenvalue weighted by Crippen LogP contribution is -2.36. The Labute approximate surface area is 165 Å². The van der Waals surface area contributed by atoms with E-state index < -0.39 is 5.82 Å². The highest BCUT2D eigenvalue weighted by Gasteiger charge is 2.14. The first kappa shape index (κ1) is 20.6. The van der Waals surface area contributed by atoms with Crippen LogP contribution in [0.3, 0.4) is 0 Å². The zero-order valence-electron chi connectivity index (χ0n) is 15.0. The maximum atomic E-state index is 13.7. The van der Waals surface area contributed by atoms with Gasteiger partial charge in [0.05, 0.1) is 7.11 Å². The summed E-state index contributed by atoms with van der Waals surface area (Å²) in [6, 6.07) is 11.4. The molecule has 0 aliphatic rings. The zero-order valence-corrected chi connectivity index (χ0v) is 16.6. The van der Waals surface area contributed by atoms with E-state index in [1.54, 1.807) is 50.4 Å². The standard InChI is InChI=1S/C20H20BrFN2O3/c1-3-24(13-19(25)23-16-5-4-6-17(12-16)27-2)20(26)10-7-14-11-15(21)8-9-18(14)22/h4-12H,3,13H2,1-2H3,(H,23,25)/b10-7+. The third-order valence-electron chi connectivity index (χ3n) is 3.74. The highest BCUT2D eigenvalue weighted by molar-refractivity contribution is 9.10. The molecule has 0 radical (unpaired) electrons. The second-order valence-corrected chi connectivity index (χ2v) is 6.55. The molecule has 1 N–H and O–H groups in total. The molecule has 0 aliphatic carbocycles. The monoisotopic (exact) mass is 434 g/mol. The van der Waals surface area contributed by atoms with Crippen LogP contribution in [0, 0.1) is 5.82 Å². The van der Waals surface area contributed by atoms with Crippen molar-refractivity contribution in [1.29, 1.82) is 0 Å². The van der Waals surface area contributed by atoms with Crippen molar-refractivity contribution in [3.05, 3.63) is 64.4 Å². The average molecular weight is 435 g/mol. The molecule has 0 spiro atoms. The van der Waals surface area contributed by atoms with Crippen LogP contribution in [0.1, 0.15) is 12.5 Å². The van der Waals surface area contributed by atoms with Crippen LogP contribution >= 0.6 is 15.9 Å². The van der Waals surface area contributed by atoms with Gasteiger partial charge < -0.3 is 15.0 Å². The molecule has 0 saturated heterocycles. The molecule has 0 aromatic heterocycles. The van der Waals surface area contributed by atoms with Gasteiger partial charge in [-0.1, -0.05) is 22.0 Å². The molecule has 142 valence electrons. The van der Waals surface area contributed by atoms with Gasteiger partial charge >= 0.3 is 0 Å². The Morgan fingerprint density at radius 1 is 1.26 bits per heavy atom. The van der Waals surface area contributed by atoms with Crippen molar-refractivity contribution in [2.45, 2.75) is 6.92 Å². The first-order valence-electron chi connectivity index (χ1n) is 8.29. The molecule has 0 aliphatic heterocycles. The van der Waals surface area contributed by atoms with Gasteiger partial charge in [-0.3, -0.25) is 9.59 Å². The molecule has 7 heteroatoms. The fourth-order valence-corrected chi connectivity index (χ4v) is 2.71. The summed E-state index contributed by atoms with van der Waals surface area (Å²) in [7, 11) is 1.54. The number of nitrogens with zero attached hydrogens (tertiary/aromatic N) is 1. The molecule has 0 heterocycles. The molecular weight excluding hydrogens is 415 g/mol. The highest BCUT2D eigenvalue weighted by Crippen LogP contribution is 2.18. The number of amides is 2. The first-order valence-corrected chi connectivity index (χ1v) is 9.08. The van der Waals surface area contributed by atoms with Crippen LogP contribution in [-0.2, 0) is 9.59 Å². The van der Waals surface area contributed by atoms with E-state index in [9.17, 15) is 14.0 Å². The van der Waals surface area contributed by atoms with Crippen molar-refractivity contribution in [2.24, 2.45) is 0 Å². The second kappa shape index (κ2) is 9.87. The molecule has 0 saturated carbocycles. The van der Waals surface area contributed by atoms with Crippen molar-refractivity contribution >= 4 is 39.5 Å². The van der Waals surface area contributed by atoms with Crippen molar-refractivity contribution < 1.29 is 18.7 Å². The Kier molecular flexibility index (Phi) is 7.55. The highest BCUT2D eigenvalue weighted by atomic mass is 79.9. The number of methoxy groups -OCH3 is 1. The van der Waals surface area contributed by atoms with Gasteiger partial charge in [0.1, 0.15) is 18.1 Å². The number of anilines is 1. The number of rotatable bonds is 7. The van der Waals surface area contributed by atoms with E-state index in [0.717, 1.165) is 0 Å². The normalized spacial score (nSPS) is 10.7. The third-order valence-corrected chi connectivity index (χ3v) is 4.24. The molecule has 0 fully saturated rings. The van der Waals surface area contributed by atoms with Crippen molar-refractivity contribution in [3.8, 4) is 5.75 Å². The lowest BCUT2D eigenvalue weighted by atomic mass is 10.2. The smallest absolute Gasteiger partial charge is 0.247 e. The van der Waals surface area contributed by atoms with E-state index in [1.807, 2.05) is 0 Å². The molecule has 0 atom stereocenters. The molecule has 5 nitrogen and oxygen atoms in total. The van der Waals surface area contributed by atoms with Crippen LogP contribution < -0.4 is 10.1 Å². The molecule has 27 heavy (non-hydrogen) atoms. The lowest BCUT2D eigenvalue weighted by Gasteiger charge is -2.18. The predicted molar refractivity (Wildman–Crippen MR) is 107 cm³/mol.